The second-order valence-electron chi connectivity index (χ2n) is 3.99. The average molecular weight is 212 g/mol. The highest BCUT2D eigenvalue weighted by Crippen LogP contribution is 2.30. The molecule has 1 saturated carbocycles. The Labute approximate surface area is 89.0 Å². The van der Waals surface area contributed by atoms with Crippen molar-refractivity contribution in [1.29, 1.82) is 0 Å². The lowest BCUT2D eigenvalue weighted by Crippen LogP contribution is -2.36. The van der Waals surface area contributed by atoms with Crippen molar-refractivity contribution in [3.8, 4) is 0 Å². The van der Waals surface area contributed by atoms with E-state index in [2.05, 4.69) is 4.74 Å². The summed E-state index contributed by atoms with van der Waals surface area (Å²) in [6.07, 6.45) is 2.81. The number of esters is 1. The molecule has 0 radical (unpaired) electrons. The molecule has 0 aromatic heterocycles. The Hall–Kier alpha value is -1.19. The number of rotatable bonds is 3. The van der Waals surface area contributed by atoms with E-state index in [1.807, 2.05) is 0 Å². The predicted octanol–water partition coefficient (Wildman–Crippen LogP) is 0.980. The second-order valence-corrected chi connectivity index (χ2v) is 3.99. The Morgan fingerprint density at radius 1 is 1.53 bits per heavy atom. The quantitative estimate of drug-likeness (QED) is 0.397. The van der Waals surface area contributed by atoms with Crippen molar-refractivity contribution in [2.75, 3.05) is 7.11 Å². The molecule has 15 heavy (non-hydrogen) atoms. The van der Waals surface area contributed by atoms with Gasteiger partial charge in [0.15, 0.2) is 0 Å². The van der Waals surface area contributed by atoms with E-state index in [4.69, 9.17) is 0 Å². The van der Waals surface area contributed by atoms with Crippen LogP contribution in [0.1, 0.15) is 26.2 Å². The number of aldehydes is 1. The Morgan fingerprint density at radius 3 is 2.73 bits per heavy atom. The van der Waals surface area contributed by atoms with Crippen LogP contribution < -0.4 is 0 Å². The standard InChI is InChI=1S/C11H16O4/c1-7(11(14)15-2)9-5-3-4-8(6-12)10(9)13/h6-9H,3-5H2,1-2H3. The van der Waals surface area contributed by atoms with Gasteiger partial charge >= 0.3 is 5.97 Å². The van der Waals surface area contributed by atoms with E-state index in [1.54, 1.807) is 6.92 Å². The third kappa shape index (κ3) is 2.43. The molecule has 0 aromatic rings. The highest BCUT2D eigenvalue weighted by molar-refractivity contribution is 5.97. The summed E-state index contributed by atoms with van der Waals surface area (Å²) in [5.41, 5.74) is 0. The molecule has 1 fully saturated rings. The van der Waals surface area contributed by atoms with Crippen molar-refractivity contribution in [1.82, 2.24) is 0 Å². The minimum absolute atomic E-state index is 0.103. The summed E-state index contributed by atoms with van der Waals surface area (Å²) in [5, 5.41) is 0. The molecular formula is C11H16O4. The highest BCUT2D eigenvalue weighted by Gasteiger charge is 2.37. The van der Waals surface area contributed by atoms with E-state index in [0.717, 1.165) is 6.42 Å². The topological polar surface area (TPSA) is 60.4 Å². The van der Waals surface area contributed by atoms with Gasteiger partial charge in [-0.05, 0) is 12.8 Å². The van der Waals surface area contributed by atoms with Crippen LogP contribution in [0.15, 0.2) is 0 Å². The maximum atomic E-state index is 11.8. The fourth-order valence-electron chi connectivity index (χ4n) is 2.10. The minimum Gasteiger partial charge on any atom is -0.469 e. The summed E-state index contributed by atoms with van der Waals surface area (Å²) in [5.74, 6) is -1.78. The number of hydrogen-bond donors (Lipinski definition) is 0. The molecule has 0 aliphatic heterocycles. The van der Waals surface area contributed by atoms with Gasteiger partial charge in [0.1, 0.15) is 12.1 Å². The van der Waals surface area contributed by atoms with Crippen LogP contribution in [0, 0.1) is 17.8 Å². The predicted molar refractivity (Wildman–Crippen MR) is 53.1 cm³/mol. The number of carbonyl (C=O) groups excluding carboxylic acids is 3. The van der Waals surface area contributed by atoms with Crippen molar-refractivity contribution in [2.24, 2.45) is 17.8 Å². The highest BCUT2D eigenvalue weighted by atomic mass is 16.5. The minimum atomic E-state index is -0.518. The van der Waals surface area contributed by atoms with Gasteiger partial charge in [0.2, 0.25) is 0 Å². The fourth-order valence-corrected chi connectivity index (χ4v) is 2.10. The average Bonchev–Trinajstić information content (AvgIpc) is 2.27. The number of ether oxygens (including phenoxy) is 1. The fraction of sp³-hybridized carbons (Fsp3) is 0.727. The van der Waals surface area contributed by atoms with Gasteiger partial charge in [-0.1, -0.05) is 13.3 Å². The number of hydrogen-bond acceptors (Lipinski definition) is 4. The lowest BCUT2D eigenvalue weighted by Gasteiger charge is -2.27. The van der Waals surface area contributed by atoms with Crippen LogP contribution >= 0.6 is 0 Å². The molecule has 0 N–H and O–H groups in total. The molecule has 0 spiro atoms. The zero-order valence-electron chi connectivity index (χ0n) is 9.06. The van der Waals surface area contributed by atoms with Crippen LogP contribution in [-0.4, -0.2) is 25.1 Å². The lowest BCUT2D eigenvalue weighted by molar-refractivity contribution is -0.151. The zero-order valence-corrected chi connectivity index (χ0v) is 9.06. The molecule has 1 aliphatic carbocycles. The molecule has 4 heteroatoms. The number of Topliss-reactive ketones (excluding diaryl/α,β-unsaturated/α-hetero) is 1. The maximum absolute atomic E-state index is 11.8. The third-order valence-electron chi connectivity index (χ3n) is 3.10. The Morgan fingerprint density at radius 2 is 2.20 bits per heavy atom. The summed E-state index contributed by atoms with van der Waals surface area (Å²) in [4.78, 5) is 33.7. The normalized spacial score (nSPS) is 28.3. The molecule has 0 amide bonds. The first-order chi connectivity index (χ1) is 7.11. The first-order valence-corrected chi connectivity index (χ1v) is 5.18. The van der Waals surface area contributed by atoms with Crippen molar-refractivity contribution in [3.63, 3.8) is 0 Å². The van der Waals surface area contributed by atoms with E-state index in [0.29, 0.717) is 19.1 Å². The van der Waals surface area contributed by atoms with E-state index in [9.17, 15) is 14.4 Å². The summed E-state index contributed by atoms with van der Waals surface area (Å²) < 4.78 is 4.60. The molecule has 0 aromatic carbocycles. The van der Waals surface area contributed by atoms with E-state index < -0.39 is 11.8 Å². The largest absolute Gasteiger partial charge is 0.469 e. The Bertz CT molecular complexity index is 272. The van der Waals surface area contributed by atoms with E-state index in [1.165, 1.54) is 7.11 Å². The summed E-state index contributed by atoms with van der Waals surface area (Å²) >= 11 is 0. The van der Waals surface area contributed by atoms with Crippen molar-refractivity contribution < 1.29 is 19.1 Å². The molecule has 1 rings (SSSR count). The van der Waals surface area contributed by atoms with Crippen LogP contribution in [-0.2, 0) is 19.1 Å². The number of methoxy groups -OCH3 is 1. The zero-order chi connectivity index (χ0) is 11.4. The van der Waals surface area contributed by atoms with Crippen LogP contribution in [0.4, 0.5) is 0 Å². The van der Waals surface area contributed by atoms with Crippen LogP contribution in [0.2, 0.25) is 0 Å². The van der Waals surface area contributed by atoms with E-state index >= 15 is 0 Å². The van der Waals surface area contributed by atoms with Gasteiger partial charge in [0.05, 0.1) is 18.9 Å². The first-order valence-electron chi connectivity index (χ1n) is 5.18. The molecule has 3 unspecified atom stereocenters. The number of ketones is 1. The van der Waals surface area contributed by atoms with Crippen molar-refractivity contribution in [3.05, 3.63) is 0 Å². The molecule has 3 atom stereocenters. The molecule has 0 bridgehead atoms. The van der Waals surface area contributed by atoms with E-state index in [-0.39, 0.29) is 17.7 Å². The molecule has 1 aliphatic rings. The van der Waals surface area contributed by atoms with Crippen LogP contribution in [0.5, 0.6) is 0 Å². The van der Waals surface area contributed by atoms with Crippen molar-refractivity contribution in [2.45, 2.75) is 26.2 Å². The van der Waals surface area contributed by atoms with Gasteiger partial charge in [-0.3, -0.25) is 9.59 Å². The summed E-state index contributed by atoms with van der Waals surface area (Å²) in [6, 6.07) is 0. The number of carbonyl (C=O) groups is 3. The van der Waals surface area contributed by atoms with Crippen LogP contribution in [0.3, 0.4) is 0 Å². The lowest BCUT2D eigenvalue weighted by atomic mass is 9.75. The van der Waals surface area contributed by atoms with Gasteiger partial charge in [-0.25, -0.2) is 0 Å². The second kappa shape index (κ2) is 5.05. The molecule has 0 saturated heterocycles. The van der Waals surface area contributed by atoms with Gasteiger partial charge in [0, 0.05) is 5.92 Å². The van der Waals surface area contributed by atoms with Crippen molar-refractivity contribution >= 4 is 18.0 Å². The van der Waals surface area contributed by atoms with Gasteiger partial charge in [-0.15, -0.1) is 0 Å². The molecule has 0 heterocycles. The third-order valence-corrected chi connectivity index (χ3v) is 3.10. The molecule has 4 nitrogen and oxygen atoms in total. The van der Waals surface area contributed by atoms with Gasteiger partial charge < -0.3 is 9.53 Å². The summed E-state index contributed by atoms with van der Waals surface area (Å²) in [6.45, 7) is 1.68. The molecule has 84 valence electrons. The monoisotopic (exact) mass is 212 g/mol. The van der Waals surface area contributed by atoms with Crippen LogP contribution in [0.25, 0.3) is 0 Å². The Kier molecular flexibility index (Phi) is 4.00. The van der Waals surface area contributed by atoms with Gasteiger partial charge in [-0.2, -0.15) is 0 Å². The SMILES string of the molecule is COC(=O)C(C)C1CCCC(C=O)C1=O. The summed E-state index contributed by atoms with van der Waals surface area (Å²) in [7, 11) is 1.31. The maximum Gasteiger partial charge on any atom is 0.309 e. The van der Waals surface area contributed by atoms with Gasteiger partial charge in [0.25, 0.3) is 0 Å². The molecular weight excluding hydrogens is 196 g/mol. The smallest absolute Gasteiger partial charge is 0.309 e. The first kappa shape index (κ1) is 11.9. The Balaban J connectivity index is 2.72.